The van der Waals surface area contributed by atoms with E-state index in [1.165, 1.54) is 57.8 Å². The van der Waals surface area contributed by atoms with E-state index in [9.17, 15) is 35.1 Å². The van der Waals surface area contributed by atoms with Gasteiger partial charge in [0.25, 0.3) is 5.92 Å². The van der Waals surface area contributed by atoms with Crippen LogP contribution >= 0.6 is 0 Å². The lowest BCUT2D eigenvalue weighted by atomic mass is 9.91. The van der Waals surface area contributed by atoms with Crippen LogP contribution < -0.4 is 74.9 Å². The molecule has 0 heterocycles. The SMILES string of the molecule is CC(C)(C)CCCOCCC(F)(F)CCNC(C)(C)C.CC(C)(C)CCCOCCCNC(C)(C)C.CC(C)(C)NCCC(F)(F)C(F)(F)C(F)(F)CCN.CC(C)(C)NCCCCCCCNC(C)(C)C.CC(C)(C)NCCCCOCCNC(C)(C)C.CC(C)(C)NCCCCOCCNC(C)(C)C.CC(C)(C)NCCCOCCCNC(C)(C)C.CC(C)(C)NCCOCCNC(C)(C)C.CC(C)C. The van der Waals surface area contributed by atoms with E-state index in [0.29, 0.717) is 18.6 Å². The Bertz CT molecular complexity index is 2430. The number of unbranched alkanes of at least 4 members (excludes halogenated alkanes) is 6. The van der Waals surface area contributed by atoms with Crippen LogP contribution in [0.1, 0.15) is 461 Å². The molecule has 0 radical (unpaired) electrons. The van der Waals surface area contributed by atoms with Gasteiger partial charge in [0, 0.05) is 183 Å². The molecule has 0 aromatic rings. The zero-order valence-corrected chi connectivity index (χ0v) is 103. The maximum atomic E-state index is 13.6. The third-order valence-corrected chi connectivity index (χ3v) is 19.0. The summed E-state index contributed by atoms with van der Waals surface area (Å²) in [5.41, 5.74) is 7.24. The molecule has 0 saturated heterocycles. The van der Waals surface area contributed by atoms with Gasteiger partial charge in [0.2, 0.25) is 0 Å². The van der Waals surface area contributed by atoms with Crippen molar-refractivity contribution in [2.75, 3.05) is 171 Å². The van der Waals surface area contributed by atoms with Gasteiger partial charge in [-0.15, -0.1) is 0 Å². The normalized spacial score (nSPS) is 13.3. The summed E-state index contributed by atoms with van der Waals surface area (Å²) in [5, 5.41) is 43.6. The minimum atomic E-state index is -5.42. The van der Waals surface area contributed by atoms with E-state index in [2.05, 4.69) is 360 Å². The van der Waals surface area contributed by atoms with Gasteiger partial charge in [-0.05, 0) is 423 Å². The van der Waals surface area contributed by atoms with E-state index in [-0.39, 0.29) is 91.3 Å². The summed E-state index contributed by atoms with van der Waals surface area (Å²) in [7, 11) is 0. The van der Waals surface area contributed by atoms with Crippen LogP contribution in [0.25, 0.3) is 0 Å². The molecule has 15 N–H and O–H groups in total. The summed E-state index contributed by atoms with van der Waals surface area (Å²) in [6.07, 6.45) is 15.9. The van der Waals surface area contributed by atoms with Gasteiger partial charge < -0.3 is 103 Å². The summed E-state index contributed by atoms with van der Waals surface area (Å²) in [5.74, 6) is -16.8. The van der Waals surface area contributed by atoms with E-state index in [1.54, 1.807) is 20.8 Å². The second-order valence-electron chi connectivity index (χ2n) is 54.9. The number of hydrogen-bond acceptors (Lipinski definition) is 20. The van der Waals surface area contributed by atoms with Crippen molar-refractivity contribution >= 4 is 0 Å². The van der Waals surface area contributed by atoms with Crippen LogP contribution in [0.5, 0.6) is 0 Å². The quantitative estimate of drug-likeness (QED) is 0.0200. The molecule has 870 valence electrons. The molecule has 28 heteroatoms. The van der Waals surface area contributed by atoms with E-state index in [4.69, 9.17) is 34.2 Å². The molecule has 0 aromatic heterocycles. The predicted molar refractivity (Wildman–Crippen MR) is 606 cm³/mol. The molecular formula is C114H252F8N14O6. The Morgan fingerprint density at radius 1 is 0.176 bits per heavy atom. The van der Waals surface area contributed by atoms with Crippen molar-refractivity contribution in [1.29, 1.82) is 0 Å². The van der Waals surface area contributed by atoms with Crippen LogP contribution in [0.4, 0.5) is 35.1 Å². The second-order valence-corrected chi connectivity index (χ2v) is 54.9. The molecule has 20 nitrogen and oxygen atoms in total. The molecule has 0 unspecified atom stereocenters. The van der Waals surface area contributed by atoms with E-state index in [1.807, 2.05) is 20.8 Å². The number of halogens is 8. The number of nitrogens with two attached hydrogens (primary N) is 1. The molecule has 0 aliphatic heterocycles. The van der Waals surface area contributed by atoms with Crippen LogP contribution in [0.2, 0.25) is 0 Å². The van der Waals surface area contributed by atoms with Gasteiger partial charge in [-0.3, -0.25) is 0 Å². The highest BCUT2D eigenvalue weighted by Gasteiger charge is 2.70. The van der Waals surface area contributed by atoms with Crippen molar-refractivity contribution < 1.29 is 63.5 Å². The lowest BCUT2D eigenvalue weighted by Crippen LogP contribution is -2.56. The Morgan fingerprint density at radius 2 is 0.345 bits per heavy atom. The standard InChI is InChI=1S/C16H33F2NO.C15H34N2.3C14H32N2O.C14H31NO.C12H28N2O.C11H20F6N2.C4H10/c1-14(2,3)8-7-12-20-13-10-16(17,18)9-11-19-15(4,5)6;1-14(2,3)16-12-10-8-7-9-11-13-17-15(4,5)6;1-13(2,3)15-9-7-11-17-12-8-10-16-14(4,5)6;2*1-13(2,3)15-9-7-8-11-17-12-10-16-14(4,5)6;1-13(2,3)9-7-11-16-12-8-10-15-14(4,5)6;1-11(2,3)13-7-9-15-10-8-14-12(4,5)6;1-8(2,3)19-7-5-10(14,15)11(16,17)9(12,13)4-6-18;1-4(2)3/h19H,7-13H2,1-6H3;16-17H,7-13H2,1-6H3;3*15-16H,7-12H2,1-6H3;15H,7-12H2,1-6H3;13-14H,7-10H2,1-6H3;19H,4-7,18H2,1-3H3;4H,1-3H3. The first kappa shape index (κ1) is 158. The minimum Gasteiger partial charge on any atom is -0.381 e. The predicted octanol–water partition coefficient (Wildman–Crippen LogP) is 26.1. The lowest BCUT2D eigenvalue weighted by Gasteiger charge is -2.33. The van der Waals surface area contributed by atoms with Gasteiger partial charge in [0.15, 0.2) is 0 Å². The summed E-state index contributed by atoms with van der Waals surface area (Å²) in [6.45, 7) is 122. The molecule has 0 aliphatic carbocycles. The van der Waals surface area contributed by atoms with Crippen molar-refractivity contribution in [3.8, 4) is 0 Å². The van der Waals surface area contributed by atoms with Crippen molar-refractivity contribution in [3.05, 3.63) is 0 Å². The molecule has 0 aliphatic rings. The highest BCUT2D eigenvalue weighted by Crippen LogP contribution is 2.48. The molecule has 0 spiro atoms. The number of alkyl halides is 8. The van der Waals surface area contributed by atoms with Gasteiger partial charge in [0.05, 0.1) is 33.0 Å². The molecule has 0 amide bonds. The number of ether oxygens (including phenoxy) is 6. The van der Waals surface area contributed by atoms with Crippen molar-refractivity contribution in [2.45, 2.75) is 556 Å². The molecule has 142 heavy (non-hydrogen) atoms. The molecule has 0 fully saturated rings. The topological polar surface area (TPSA) is 238 Å². The number of rotatable bonds is 61. The van der Waals surface area contributed by atoms with Crippen LogP contribution in [-0.2, 0) is 28.4 Å². The monoisotopic (exact) mass is 2070 g/mol. The van der Waals surface area contributed by atoms with Crippen LogP contribution in [0.15, 0.2) is 0 Å². The fourth-order valence-corrected chi connectivity index (χ4v) is 11.5. The molecule has 0 bridgehead atoms. The molecular weight excluding hydrogens is 1810 g/mol. The largest absolute Gasteiger partial charge is 0.381 e. The van der Waals surface area contributed by atoms with Crippen LogP contribution in [-0.4, -0.2) is 267 Å². The van der Waals surface area contributed by atoms with E-state index in [0.717, 1.165) is 189 Å². The van der Waals surface area contributed by atoms with E-state index >= 15 is 0 Å². The van der Waals surface area contributed by atoms with E-state index < -0.39 is 55.2 Å². The Balaban J connectivity index is -0.000000202. The van der Waals surface area contributed by atoms with Crippen molar-refractivity contribution in [2.24, 2.45) is 22.5 Å². The van der Waals surface area contributed by atoms with Gasteiger partial charge in [-0.2, -0.15) is 26.3 Å². The molecule has 0 saturated carbocycles. The fourth-order valence-electron chi connectivity index (χ4n) is 11.5. The second kappa shape index (κ2) is 82.3. The minimum absolute atomic E-state index is 0.112. The lowest BCUT2D eigenvalue weighted by molar-refractivity contribution is -0.311. The Kier molecular flexibility index (Phi) is 91.7. The smallest absolute Gasteiger partial charge is 0.371 e. The zero-order chi connectivity index (χ0) is 113. The highest BCUT2D eigenvalue weighted by atomic mass is 19.3. The van der Waals surface area contributed by atoms with Crippen LogP contribution in [0.3, 0.4) is 0 Å². The summed E-state index contributed by atoms with van der Waals surface area (Å²) in [6, 6.07) is 0. The fraction of sp³-hybridized carbons (Fsp3) is 1.00. The first-order valence-corrected chi connectivity index (χ1v) is 55.1. The third kappa shape index (κ3) is 159. The Labute approximate surface area is 878 Å². The highest BCUT2D eigenvalue weighted by molar-refractivity contribution is 4.97. The van der Waals surface area contributed by atoms with Crippen molar-refractivity contribution in [3.63, 3.8) is 0 Å². The average molecular weight is 2070 g/mol. The Hall–Kier alpha value is -1.36. The summed E-state index contributed by atoms with van der Waals surface area (Å²) < 4.78 is 139. The first-order valence-electron chi connectivity index (χ1n) is 55.1. The molecule has 0 atom stereocenters. The number of nitrogens with one attached hydrogen (secondary N) is 13. The van der Waals surface area contributed by atoms with Crippen LogP contribution in [0, 0.1) is 16.7 Å². The van der Waals surface area contributed by atoms with Gasteiger partial charge in [-0.25, -0.2) is 8.78 Å². The van der Waals surface area contributed by atoms with Gasteiger partial charge in [0.1, 0.15) is 0 Å². The van der Waals surface area contributed by atoms with Crippen molar-refractivity contribution in [1.82, 2.24) is 69.1 Å². The van der Waals surface area contributed by atoms with Gasteiger partial charge in [-0.1, -0.05) is 81.6 Å². The summed E-state index contributed by atoms with van der Waals surface area (Å²) >= 11 is 0. The average Bonchev–Trinajstić information content (AvgIpc) is 0.769. The maximum absolute atomic E-state index is 13.6. The Morgan fingerprint density at radius 3 is 0.577 bits per heavy atom. The number of hydrogen-bond donors (Lipinski definition) is 14. The molecule has 0 rings (SSSR count). The third-order valence-electron chi connectivity index (χ3n) is 19.0. The van der Waals surface area contributed by atoms with Gasteiger partial charge >= 0.3 is 17.8 Å². The molecule has 0 aromatic carbocycles. The maximum Gasteiger partial charge on any atom is 0.371 e. The first-order chi connectivity index (χ1) is 63.7. The summed E-state index contributed by atoms with van der Waals surface area (Å²) in [4.78, 5) is 0. The zero-order valence-electron chi connectivity index (χ0n) is 103.